The molecule has 0 radical (unpaired) electrons. The summed E-state index contributed by atoms with van der Waals surface area (Å²) in [4.78, 5) is 0. The molecule has 0 spiro atoms. The van der Waals surface area contributed by atoms with Crippen LogP contribution in [0.3, 0.4) is 0 Å². The number of hydrogen-bond donors (Lipinski definition) is 2. The number of para-hydroxylation sites is 1. The van der Waals surface area contributed by atoms with Crippen molar-refractivity contribution in [3.63, 3.8) is 0 Å². The lowest BCUT2D eigenvalue weighted by Gasteiger charge is -2.09. The van der Waals surface area contributed by atoms with E-state index >= 15 is 0 Å². The van der Waals surface area contributed by atoms with Gasteiger partial charge in [0.15, 0.2) is 0 Å². The van der Waals surface area contributed by atoms with Gasteiger partial charge in [-0.3, -0.25) is 4.57 Å². The summed E-state index contributed by atoms with van der Waals surface area (Å²) in [5.41, 5.74) is 2.81. The van der Waals surface area contributed by atoms with Crippen LogP contribution in [0.15, 0.2) is 30.3 Å². The molecule has 1 saturated carbocycles. The van der Waals surface area contributed by atoms with Crippen molar-refractivity contribution >= 4 is 0 Å². The molecule has 92 valence electrons. The summed E-state index contributed by atoms with van der Waals surface area (Å²) in [6, 6.07) is 9.55. The Hall–Kier alpha value is -1.90. The first kappa shape index (κ1) is 10.1. The normalized spacial score (nSPS) is 24.4. The topological polar surface area (TPSA) is 45.4 Å². The Balaban J connectivity index is 1.97. The summed E-state index contributed by atoms with van der Waals surface area (Å²) < 4.78 is 1.58. The van der Waals surface area contributed by atoms with Gasteiger partial charge in [0.2, 0.25) is 11.8 Å². The van der Waals surface area contributed by atoms with Gasteiger partial charge in [0.25, 0.3) is 0 Å². The zero-order valence-corrected chi connectivity index (χ0v) is 10.0. The lowest BCUT2D eigenvalue weighted by Crippen LogP contribution is -1.94. The summed E-state index contributed by atoms with van der Waals surface area (Å²) in [6.07, 6.45) is 3.38. The summed E-state index contributed by atoms with van der Waals surface area (Å²) in [5, 5.41) is 20.8. The third kappa shape index (κ3) is 1.09. The number of aromatic nitrogens is 1. The van der Waals surface area contributed by atoms with E-state index in [9.17, 15) is 10.2 Å². The molecule has 18 heavy (non-hydrogen) atoms. The van der Waals surface area contributed by atoms with E-state index < -0.39 is 0 Å². The molecular weight excluding hydrogens is 226 g/mol. The van der Waals surface area contributed by atoms with Crippen LogP contribution in [-0.2, 0) is 0 Å². The predicted octanol–water partition coefficient (Wildman–Crippen LogP) is 3.25. The lowest BCUT2D eigenvalue weighted by atomic mass is 9.95. The van der Waals surface area contributed by atoms with Crippen LogP contribution >= 0.6 is 0 Å². The van der Waals surface area contributed by atoms with Gasteiger partial charge >= 0.3 is 0 Å². The highest BCUT2D eigenvalue weighted by atomic mass is 16.3. The average Bonchev–Trinajstić information content (AvgIpc) is 3.05. The van der Waals surface area contributed by atoms with Crippen LogP contribution in [0.1, 0.15) is 42.2 Å². The van der Waals surface area contributed by atoms with Gasteiger partial charge in [-0.25, -0.2) is 0 Å². The molecular formula is C15H15NO2. The van der Waals surface area contributed by atoms with Crippen LogP contribution in [0.2, 0.25) is 0 Å². The fourth-order valence-corrected chi connectivity index (χ4v) is 3.71. The summed E-state index contributed by atoms with van der Waals surface area (Å²) in [5.74, 6) is 1.36. The van der Waals surface area contributed by atoms with E-state index in [0.29, 0.717) is 11.8 Å². The van der Waals surface area contributed by atoms with Crippen molar-refractivity contribution in [2.75, 3.05) is 0 Å². The van der Waals surface area contributed by atoms with Crippen LogP contribution in [-0.4, -0.2) is 14.8 Å². The first-order chi connectivity index (χ1) is 8.77. The van der Waals surface area contributed by atoms with Gasteiger partial charge < -0.3 is 10.2 Å². The first-order valence-electron chi connectivity index (χ1n) is 6.49. The molecule has 4 rings (SSSR count). The van der Waals surface area contributed by atoms with Gasteiger partial charge in [-0.2, -0.15) is 0 Å². The molecule has 3 nitrogen and oxygen atoms in total. The monoisotopic (exact) mass is 241 g/mol. The fraction of sp³-hybridized carbons (Fsp3) is 0.333. The Labute approximate surface area is 105 Å². The van der Waals surface area contributed by atoms with E-state index in [4.69, 9.17) is 0 Å². The van der Waals surface area contributed by atoms with Gasteiger partial charge in [0.1, 0.15) is 0 Å². The molecule has 3 heteroatoms. The third-order valence-electron chi connectivity index (χ3n) is 4.46. The molecule has 0 amide bonds. The molecule has 1 aromatic heterocycles. The molecule has 0 aliphatic heterocycles. The maximum absolute atomic E-state index is 10.4. The lowest BCUT2D eigenvalue weighted by molar-refractivity contribution is 0.394. The number of hydrogen-bond acceptors (Lipinski definition) is 2. The highest BCUT2D eigenvalue weighted by molar-refractivity contribution is 5.59. The second kappa shape index (κ2) is 3.31. The third-order valence-corrected chi connectivity index (χ3v) is 4.46. The zero-order chi connectivity index (χ0) is 12.3. The Bertz CT molecular complexity index is 582. The van der Waals surface area contributed by atoms with Gasteiger partial charge in [0, 0.05) is 11.1 Å². The first-order valence-corrected chi connectivity index (χ1v) is 6.49. The largest absolute Gasteiger partial charge is 0.494 e. The minimum Gasteiger partial charge on any atom is -0.494 e. The van der Waals surface area contributed by atoms with Crippen LogP contribution < -0.4 is 0 Å². The van der Waals surface area contributed by atoms with Crippen molar-refractivity contribution < 1.29 is 10.2 Å². The maximum atomic E-state index is 10.4. The van der Waals surface area contributed by atoms with E-state index in [1.54, 1.807) is 4.57 Å². The Morgan fingerprint density at radius 2 is 1.44 bits per heavy atom. The van der Waals surface area contributed by atoms with Crippen molar-refractivity contribution in [2.24, 2.45) is 0 Å². The minimum absolute atomic E-state index is 0.237. The highest BCUT2D eigenvalue weighted by Crippen LogP contribution is 2.60. The van der Waals surface area contributed by atoms with E-state index in [-0.39, 0.29) is 11.8 Å². The van der Waals surface area contributed by atoms with Crippen LogP contribution in [0, 0.1) is 0 Å². The van der Waals surface area contributed by atoms with Gasteiger partial charge in [-0.15, -0.1) is 0 Å². The second-order valence-corrected chi connectivity index (χ2v) is 5.35. The molecule has 0 saturated heterocycles. The van der Waals surface area contributed by atoms with E-state index in [1.165, 1.54) is 0 Å². The summed E-state index contributed by atoms with van der Waals surface area (Å²) in [7, 11) is 0. The molecule has 1 heterocycles. The van der Waals surface area contributed by atoms with Gasteiger partial charge in [0.05, 0.1) is 5.69 Å². The smallest absolute Gasteiger partial charge is 0.202 e. The Morgan fingerprint density at radius 1 is 0.889 bits per heavy atom. The van der Waals surface area contributed by atoms with Crippen LogP contribution in [0.4, 0.5) is 0 Å². The van der Waals surface area contributed by atoms with Crippen molar-refractivity contribution in [3.05, 3.63) is 41.5 Å². The Morgan fingerprint density at radius 3 is 2.00 bits per heavy atom. The molecule has 2 aliphatic rings. The molecule has 2 N–H and O–H groups in total. The number of fused-ring (bicyclic) bond motifs is 5. The Kier molecular flexibility index (Phi) is 1.85. The molecule has 2 bridgehead atoms. The minimum atomic E-state index is 0.237. The predicted molar refractivity (Wildman–Crippen MR) is 68.4 cm³/mol. The quantitative estimate of drug-likeness (QED) is 0.805. The average molecular weight is 241 g/mol. The second-order valence-electron chi connectivity index (χ2n) is 5.35. The SMILES string of the molecule is Oc1c2c(c(O)n1-c1ccccc1)C1CCC2C1. The van der Waals surface area contributed by atoms with Crippen LogP contribution in [0.5, 0.6) is 11.8 Å². The fourth-order valence-electron chi connectivity index (χ4n) is 3.71. The highest BCUT2D eigenvalue weighted by Gasteiger charge is 2.44. The molecule has 2 aromatic rings. The summed E-state index contributed by atoms with van der Waals surface area (Å²) in [6.45, 7) is 0. The number of benzene rings is 1. The zero-order valence-electron chi connectivity index (χ0n) is 10.0. The number of rotatable bonds is 1. The van der Waals surface area contributed by atoms with Gasteiger partial charge in [-0.1, -0.05) is 18.2 Å². The van der Waals surface area contributed by atoms with Gasteiger partial charge in [-0.05, 0) is 43.2 Å². The molecule has 1 aromatic carbocycles. The van der Waals surface area contributed by atoms with Crippen molar-refractivity contribution in [1.82, 2.24) is 4.57 Å². The van der Waals surface area contributed by atoms with E-state index in [1.807, 2.05) is 30.3 Å². The number of aromatic hydroxyl groups is 2. The van der Waals surface area contributed by atoms with Crippen molar-refractivity contribution in [3.8, 4) is 17.4 Å². The maximum Gasteiger partial charge on any atom is 0.202 e. The van der Waals surface area contributed by atoms with E-state index in [0.717, 1.165) is 36.1 Å². The molecule has 1 fully saturated rings. The number of nitrogens with zero attached hydrogens (tertiary/aromatic N) is 1. The van der Waals surface area contributed by atoms with E-state index in [2.05, 4.69) is 0 Å². The van der Waals surface area contributed by atoms with Crippen molar-refractivity contribution in [1.29, 1.82) is 0 Å². The van der Waals surface area contributed by atoms with Crippen LogP contribution in [0.25, 0.3) is 5.69 Å². The summed E-state index contributed by atoms with van der Waals surface area (Å²) >= 11 is 0. The molecule has 2 unspecified atom stereocenters. The molecule has 2 atom stereocenters. The molecule has 2 aliphatic carbocycles. The standard InChI is InChI=1S/C15H15NO2/c17-14-12-9-6-7-10(8-9)13(12)15(18)16(14)11-4-2-1-3-5-11/h1-5,9-10,17-18H,6-8H2. The van der Waals surface area contributed by atoms with Crippen molar-refractivity contribution in [2.45, 2.75) is 31.1 Å².